The van der Waals surface area contributed by atoms with E-state index in [-0.39, 0.29) is 0 Å². The molecule has 2 atom stereocenters. The summed E-state index contributed by atoms with van der Waals surface area (Å²) in [7, 11) is 2.25. The molecule has 2 aliphatic rings. The summed E-state index contributed by atoms with van der Waals surface area (Å²) >= 11 is 0. The topological polar surface area (TPSA) is 8.17 Å². The van der Waals surface area contributed by atoms with Crippen molar-refractivity contribution >= 4 is 10.9 Å². The first-order chi connectivity index (χ1) is 10.7. The molecule has 22 heavy (non-hydrogen) atoms. The first-order valence-corrected chi connectivity index (χ1v) is 8.68. The molecular formula is C20H26N2. The lowest BCUT2D eigenvalue weighted by Crippen LogP contribution is -2.40. The lowest BCUT2D eigenvalue weighted by molar-refractivity contribution is 0.175. The van der Waals surface area contributed by atoms with Gasteiger partial charge in [-0.2, -0.15) is 0 Å². The van der Waals surface area contributed by atoms with E-state index in [1.165, 1.54) is 49.7 Å². The number of hydrogen-bond acceptors (Lipinski definition) is 1. The molecule has 0 saturated carbocycles. The van der Waals surface area contributed by atoms with Gasteiger partial charge in [0.25, 0.3) is 0 Å². The minimum absolute atomic E-state index is 0.385. The average molecular weight is 294 g/mol. The highest BCUT2D eigenvalue weighted by atomic mass is 15.1. The van der Waals surface area contributed by atoms with Crippen molar-refractivity contribution in [1.82, 2.24) is 9.47 Å². The summed E-state index contributed by atoms with van der Waals surface area (Å²) in [5.74, 6) is 0. The van der Waals surface area contributed by atoms with E-state index >= 15 is 0 Å². The first kappa shape index (κ1) is 14.1. The van der Waals surface area contributed by atoms with Gasteiger partial charge in [-0.15, -0.1) is 0 Å². The van der Waals surface area contributed by atoms with E-state index < -0.39 is 0 Å². The SMILES string of the molecule is CC[C@]12C=CCN(CCc3c(n(C)c4ccccc34)CC1)C2. The van der Waals surface area contributed by atoms with Gasteiger partial charge in [-0.3, -0.25) is 4.90 Å². The maximum absolute atomic E-state index is 2.65. The summed E-state index contributed by atoms with van der Waals surface area (Å²) in [5, 5.41) is 1.47. The van der Waals surface area contributed by atoms with E-state index in [1.54, 1.807) is 11.3 Å². The van der Waals surface area contributed by atoms with E-state index in [0.717, 1.165) is 6.54 Å². The highest BCUT2D eigenvalue weighted by Gasteiger charge is 2.32. The van der Waals surface area contributed by atoms with Gasteiger partial charge in [0.2, 0.25) is 0 Å². The fraction of sp³-hybridized carbons (Fsp3) is 0.500. The van der Waals surface area contributed by atoms with Crippen molar-refractivity contribution < 1.29 is 0 Å². The molecule has 0 N–H and O–H groups in total. The zero-order valence-corrected chi connectivity index (χ0v) is 13.8. The number of nitrogens with zero attached hydrogens (tertiary/aromatic N) is 2. The predicted molar refractivity (Wildman–Crippen MR) is 93.2 cm³/mol. The summed E-state index contributed by atoms with van der Waals surface area (Å²) < 4.78 is 2.45. The fourth-order valence-electron chi connectivity index (χ4n) is 4.51. The highest BCUT2D eigenvalue weighted by Crippen LogP contribution is 2.37. The number of rotatable bonds is 1. The molecule has 1 aromatic carbocycles. The van der Waals surface area contributed by atoms with Gasteiger partial charge in [0, 0.05) is 48.7 Å². The van der Waals surface area contributed by atoms with Gasteiger partial charge in [-0.05, 0) is 37.3 Å². The van der Waals surface area contributed by atoms with Crippen LogP contribution in [0, 0.1) is 5.41 Å². The Balaban J connectivity index is 1.82. The van der Waals surface area contributed by atoms with E-state index in [0.29, 0.717) is 5.41 Å². The van der Waals surface area contributed by atoms with Crippen LogP contribution in [0.4, 0.5) is 0 Å². The predicted octanol–water partition coefficient (Wildman–Crippen LogP) is 3.94. The van der Waals surface area contributed by atoms with Crippen LogP contribution in [0.2, 0.25) is 0 Å². The second kappa shape index (κ2) is 5.27. The van der Waals surface area contributed by atoms with Crippen molar-refractivity contribution in [2.45, 2.75) is 32.6 Å². The third-order valence-electron chi connectivity index (χ3n) is 5.96. The van der Waals surface area contributed by atoms with E-state index in [1.807, 2.05) is 0 Å². The molecule has 0 amide bonds. The standard InChI is InChI=1S/C20H26N2/c1-3-20-11-6-13-22(15-20)14-10-17-16-7-4-5-8-18(16)21(2)19(17)9-12-20/h4-8,11H,3,9-10,12-15H2,1-2H3/t20-/m0/s1. The van der Waals surface area contributed by atoms with Crippen LogP contribution < -0.4 is 0 Å². The second-order valence-corrected chi connectivity index (χ2v) is 7.10. The summed E-state index contributed by atoms with van der Waals surface area (Å²) in [6.45, 7) is 5.91. The van der Waals surface area contributed by atoms with Gasteiger partial charge in [-0.25, -0.2) is 0 Å². The Morgan fingerprint density at radius 3 is 2.91 bits per heavy atom. The maximum atomic E-state index is 2.65. The molecule has 0 radical (unpaired) electrons. The van der Waals surface area contributed by atoms with Crippen LogP contribution in [0.15, 0.2) is 36.4 Å². The molecule has 3 heterocycles. The van der Waals surface area contributed by atoms with Crippen LogP contribution in [0.25, 0.3) is 10.9 Å². The number of aryl methyl sites for hydroxylation is 1. The minimum Gasteiger partial charge on any atom is -0.347 e. The Morgan fingerprint density at radius 1 is 1.18 bits per heavy atom. The maximum Gasteiger partial charge on any atom is 0.0482 e. The number of benzene rings is 1. The molecule has 2 aliphatic heterocycles. The summed E-state index contributed by atoms with van der Waals surface area (Å²) in [5.41, 5.74) is 4.94. The molecule has 1 aromatic heterocycles. The largest absolute Gasteiger partial charge is 0.347 e. The van der Waals surface area contributed by atoms with Crippen LogP contribution in [0.3, 0.4) is 0 Å². The summed E-state index contributed by atoms with van der Waals surface area (Å²) in [4.78, 5) is 2.65. The second-order valence-electron chi connectivity index (χ2n) is 7.10. The van der Waals surface area contributed by atoms with Gasteiger partial charge >= 0.3 is 0 Å². The molecule has 2 heteroatoms. The van der Waals surface area contributed by atoms with Gasteiger partial charge in [0.15, 0.2) is 0 Å². The lowest BCUT2D eigenvalue weighted by atomic mass is 9.78. The van der Waals surface area contributed by atoms with Crippen LogP contribution >= 0.6 is 0 Å². The Morgan fingerprint density at radius 2 is 2.05 bits per heavy atom. The van der Waals surface area contributed by atoms with E-state index in [4.69, 9.17) is 0 Å². The Labute approximate surface area is 133 Å². The van der Waals surface area contributed by atoms with Crippen molar-refractivity contribution in [3.63, 3.8) is 0 Å². The van der Waals surface area contributed by atoms with Crippen LogP contribution in [0.1, 0.15) is 31.0 Å². The van der Waals surface area contributed by atoms with Gasteiger partial charge < -0.3 is 4.57 Å². The Kier molecular flexibility index (Phi) is 3.37. The van der Waals surface area contributed by atoms with E-state index in [9.17, 15) is 0 Å². The van der Waals surface area contributed by atoms with Crippen molar-refractivity contribution in [1.29, 1.82) is 0 Å². The Bertz CT molecular complexity index is 725. The summed E-state index contributed by atoms with van der Waals surface area (Å²) in [6, 6.07) is 8.92. The molecule has 2 nitrogen and oxygen atoms in total. The highest BCUT2D eigenvalue weighted by molar-refractivity contribution is 5.85. The molecule has 1 unspecified atom stereocenters. The van der Waals surface area contributed by atoms with Crippen molar-refractivity contribution in [2.24, 2.45) is 12.5 Å². The molecule has 116 valence electrons. The number of aromatic nitrogens is 1. The van der Waals surface area contributed by atoms with Gasteiger partial charge in [0.05, 0.1) is 0 Å². The van der Waals surface area contributed by atoms with Gasteiger partial charge in [-0.1, -0.05) is 37.3 Å². The fourth-order valence-corrected chi connectivity index (χ4v) is 4.51. The Hall–Kier alpha value is -1.54. The van der Waals surface area contributed by atoms with Crippen LogP contribution in [0.5, 0.6) is 0 Å². The minimum atomic E-state index is 0.385. The number of hydrogen-bond donors (Lipinski definition) is 0. The van der Waals surface area contributed by atoms with Crippen molar-refractivity contribution in [3.05, 3.63) is 47.7 Å². The molecule has 4 rings (SSSR count). The zero-order valence-electron chi connectivity index (χ0n) is 13.8. The molecule has 0 spiro atoms. The third-order valence-corrected chi connectivity index (χ3v) is 5.96. The molecule has 2 aromatic rings. The molecule has 2 bridgehead atoms. The monoisotopic (exact) mass is 294 g/mol. The quantitative estimate of drug-likeness (QED) is 0.723. The molecule has 0 saturated heterocycles. The normalized spacial score (nSPS) is 28.0. The lowest BCUT2D eigenvalue weighted by Gasteiger charge is -2.38. The number of para-hydroxylation sites is 1. The number of fused-ring (bicyclic) bond motifs is 5. The van der Waals surface area contributed by atoms with Crippen molar-refractivity contribution in [2.75, 3.05) is 19.6 Å². The molecular weight excluding hydrogens is 268 g/mol. The first-order valence-electron chi connectivity index (χ1n) is 8.68. The summed E-state index contributed by atoms with van der Waals surface area (Å²) in [6.07, 6.45) is 9.82. The average Bonchev–Trinajstić information content (AvgIpc) is 2.85. The zero-order chi connectivity index (χ0) is 15.2. The smallest absolute Gasteiger partial charge is 0.0482 e. The molecule has 0 aliphatic carbocycles. The van der Waals surface area contributed by atoms with Crippen LogP contribution in [-0.4, -0.2) is 29.1 Å². The molecule has 0 fully saturated rings. The van der Waals surface area contributed by atoms with Gasteiger partial charge in [0.1, 0.15) is 0 Å². The van der Waals surface area contributed by atoms with Crippen LogP contribution in [-0.2, 0) is 19.9 Å². The van der Waals surface area contributed by atoms with Crippen molar-refractivity contribution in [3.8, 4) is 0 Å². The van der Waals surface area contributed by atoms with E-state index in [2.05, 4.69) is 59.9 Å². The third kappa shape index (κ3) is 2.13.